The Morgan fingerprint density at radius 2 is 1.89 bits per heavy atom. The lowest BCUT2D eigenvalue weighted by Gasteiger charge is -2.11. The molecule has 0 aliphatic rings. The first-order chi connectivity index (χ1) is 13.5. The summed E-state index contributed by atoms with van der Waals surface area (Å²) in [5, 5.41) is 0.824. The summed E-state index contributed by atoms with van der Waals surface area (Å²) in [5.74, 6) is -0.173. The second-order valence-electron chi connectivity index (χ2n) is 6.33. The second kappa shape index (κ2) is 8.71. The molecule has 0 bridgehead atoms. The summed E-state index contributed by atoms with van der Waals surface area (Å²) >= 11 is 0. The number of aromatic nitrogens is 1. The minimum Gasteiger partial charge on any atom is -0.496 e. The number of nitrogens with one attached hydrogen (secondary N) is 1. The molecular weight excluding hydrogens is 358 g/mol. The van der Waals surface area contributed by atoms with Crippen molar-refractivity contribution < 1.29 is 23.8 Å². The molecule has 0 saturated heterocycles. The fourth-order valence-electron chi connectivity index (χ4n) is 3.15. The smallest absolute Gasteiger partial charge is 0.338 e. The largest absolute Gasteiger partial charge is 0.496 e. The summed E-state index contributed by atoms with van der Waals surface area (Å²) in [6.45, 7) is 4.28. The molecule has 146 valence electrons. The van der Waals surface area contributed by atoms with Gasteiger partial charge in [-0.15, -0.1) is 0 Å². The van der Waals surface area contributed by atoms with Crippen molar-refractivity contribution in [1.29, 1.82) is 0 Å². The van der Waals surface area contributed by atoms with E-state index in [-0.39, 0.29) is 12.4 Å². The van der Waals surface area contributed by atoms with Crippen LogP contribution in [0.15, 0.2) is 42.5 Å². The quantitative estimate of drug-likeness (QED) is 0.470. The van der Waals surface area contributed by atoms with Gasteiger partial charge in [0, 0.05) is 34.3 Å². The Labute approximate surface area is 163 Å². The molecule has 6 nitrogen and oxygen atoms in total. The molecule has 2 aromatic carbocycles. The van der Waals surface area contributed by atoms with E-state index in [1.54, 1.807) is 25.3 Å². The van der Waals surface area contributed by atoms with E-state index in [1.165, 1.54) is 0 Å². The van der Waals surface area contributed by atoms with Crippen molar-refractivity contribution in [2.45, 2.75) is 20.5 Å². The Balaban J connectivity index is 1.73. The lowest BCUT2D eigenvalue weighted by atomic mass is 10.1. The number of ether oxygens (including phenoxy) is 3. The number of hydrogen-bond donors (Lipinski definition) is 1. The molecule has 1 N–H and O–H groups in total. The van der Waals surface area contributed by atoms with Gasteiger partial charge in [-0.3, -0.25) is 4.79 Å². The number of H-pyrrole nitrogens is 1. The van der Waals surface area contributed by atoms with Crippen LogP contribution in [0.2, 0.25) is 0 Å². The molecule has 0 radical (unpaired) electrons. The van der Waals surface area contributed by atoms with Crippen molar-refractivity contribution >= 4 is 22.7 Å². The zero-order valence-corrected chi connectivity index (χ0v) is 16.2. The highest BCUT2D eigenvalue weighted by Crippen LogP contribution is 2.23. The predicted molar refractivity (Wildman–Crippen MR) is 106 cm³/mol. The summed E-state index contributed by atoms with van der Waals surface area (Å²) in [6, 6.07) is 12.5. The van der Waals surface area contributed by atoms with E-state index in [1.807, 2.05) is 38.1 Å². The second-order valence-corrected chi connectivity index (χ2v) is 6.33. The molecule has 1 aromatic heterocycles. The fourth-order valence-corrected chi connectivity index (χ4v) is 3.15. The molecule has 3 aromatic rings. The van der Waals surface area contributed by atoms with Gasteiger partial charge in [-0.1, -0.05) is 18.2 Å². The number of methoxy groups -OCH3 is 1. The predicted octanol–water partition coefficient (Wildman–Crippen LogP) is 4.06. The average molecular weight is 381 g/mol. The highest BCUT2D eigenvalue weighted by Gasteiger charge is 2.18. The molecule has 0 fully saturated rings. The maximum atomic E-state index is 12.6. The number of benzene rings is 2. The van der Waals surface area contributed by atoms with Gasteiger partial charge in [-0.25, -0.2) is 4.79 Å². The Morgan fingerprint density at radius 3 is 2.64 bits per heavy atom. The van der Waals surface area contributed by atoms with Crippen LogP contribution in [0.4, 0.5) is 0 Å². The van der Waals surface area contributed by atoms with Crippen molar-refractivity contribution in [2.75, 3.05) is 20.3 Å². The molecule has 0 unspecified atom stereocenters. The summed E-state index contributed by atoms with van der Waals surface area (Å²) in [7, 11) is 1.56. The van der Waals surface area contributed by atoms with Gasteiger partial charge >= 0.3 is 5.97 Å². The summed E-state index contributed by atoms with van der Waals surface area (Å²) in [5.41, 5.74) is 3.28. The third kappa shape index (κ3) is 4.07. The van der Waals surface area contributed by atoms with Gasteiger partial charge in [-0.2, -0.15) is 0 Å². The van der Waals surface area contributed by atoms with Crippen LogP contribution in [0, 0.1) is 6.92 Å². The number of rotatable bonds is 8. The minimum atomic E-state index is -0.564. The third-order valence-corrected chi connectivity index (χ3v) is 4.48. The molecular formula is C22H23NO5. The van der Waals surface area contributed by atoms with Crippen molar-refractivity contribution in [3.63, 3.8) is 0 Å². The molecule has 0 aliphatic heterocycles. The molecule has 0 aliphatic carbocycles. The van der Waals surface area contributed by atoms with Crippen LogP contribution in [0.25, 0.3) is 10.9 Å². The van der Waals surface area contributed by atoms with Crippen LogP contribution in [-0.2, 0) is 16.1 Å². The van der Waals surface area contributed by atoms with Crippen LogP contribution in [0.1, 0.15) is 38.9 Å². The summed E-state index contributed by atoms with van der Waals surface area (Å²) < 4.78 is 16.0. The Kier molecular flexibility index (Phi) is 6.11. The van der Waals surface area contributed by atoms with Crippen LogP contribution in [0.3, 0.4) is 0 Å². The van der Waals surface area contributed by atoms with E-state index < -0.39 is 5.97 Å². The first kappa shape index (κ1) is 19.6. The van der Waals surface area contributed by atoms with Gasteiger partial charge in [0.1, 0.15) is 5.75 Å². The Morgan fingerprint density at radius 1 is 1.11 bits per heavy atom. The van der Waals surface area contributed by atoms with Crippen LogP contribution >= 0.6 is 0 Å². The lowest BCUT2D eigenvalue weighted by molar-refractivity contribution is 0.0474. The molecule has 0 saturated carbocycles. The number of aromatic amines is 1. The zero-order valence-electron chi connectivity index (χ0n) is 16.2. The highest BCUT2D eigenvalue weighted by atomic mass is 16.5. The van der Waals surface area contributed by atoms with Crippen LogP contribution in [-0.4, -0.2) is 37.1 Å². The maximum absolute atomic E-state index is 12.6. The van der Waals surface area contributed by atoms with E-state index >= 15 is 0 Å². The standard InChI is InChI=1S/C22H23NO5/c1-4-27-12-16-11-15(9-10-20(16)26-3)22(25)28-13-19(24)21-14(2)23-18-8-6-5-7-17(18)21/h5-11,23H,4,12-13H2,1-3H3. The number of fused-ring (bicyclic) bond motifs is 1. The molecule has 3 rings (SSSR count). The molecule has 0 spiro atoms. The van der Waals surface area contributed by atoms with Gasteiger partial charge < -0.3 is 19.2 Å². The van der Waals surface area contributed by atoms with Crippen LogP contribution < -0.4 is 4.74 Å². The number of aryl methyl sites for hydroxylation is 1. The third-order valence-electron chi connectivity index (χ3n) is 4.48. The monoisotopic (exact) mass is 381 g/mol. The van der Waals surface area contributed by atoms with Gasteiger partial charge in [0.2, 0.25) is 5.78 Å². The van der Waals surface area contributed by atoms with Crippen molar-refractivity contribution in [3.8, 4) is 5.75 Å². The first-order valence-electron chi connectivity index (χ1n) is 9.07. The van der Waals surface area contributed by atoms with E-state index in [4.69, 9.17) is 14.2 Å². The lowest BCUT2D eigenvalue weighted by Crippen LogP contribution is -2.15. The number of para-hydroxylation sites is 1. The van der Waals surface area contributed by atoms with E-state index in [9.17, 15) is 9.59 Å². The normalized spacial score (nSPS) is 10.8. The van der Waals surface area contributed by atoms with Gasteiger partial charge in [0.05, 0.1) is 19.3 Å². The topological polar surface area (TPSA) is 77.6 Å². The highest BCUT2D eigenvalue weighted by molar-refractivity contribution is 6.10. The SMILES string of the molecule is CCOCc1cc(C(=O)OCC(=O)c2c(C)[nH]c3ccccc23)ccc1OC. The minimum absolute atomic E-state index is 0.244. The van der Waals surface area contributed by atoms with Gasteiger partial charge in [-0.05, 0) is 38.1 Å². The summed E-state index contributed by atoms with van der Waals surface area (Å²) in [4.78, 5) is 28.3. The molecule has 0 atom stereocenters. The van der Waals surface area contributed by atoms with Gasteiger partial charge in [0.15, 0.2) is 6.61 Å². The van der Waals surface area contributed by atoms with Crippen molar-refractivity contribution in [2.24, 2.45) is 0 Å². The first-order valence-corrected chi connectivity index (χ1v) is 9.07. The summed E-state index contributed by atoms with van der Waals surface area (Å²) in [6.07, 6.45) is 0. The number of carbonyl (C=O) groups is 2. The molecule has 28 heavy (non-hydrogen) atoms. The zero-order chi connectivity index (χ0) is 20.1. The molecule has 1 heterocycles. The Bertz CT molecular complexity index is 1010. The molecule has 6 heteroatoms. The van der Waals surface area contributed by atoms with E-state index in [0.717, 1.165) is 22.2 Å². The number of hydrogen-bond acceptors (Lipinski definition) is 5. The fraction of sp³-hybridized carbons (Fsp3) is 0.273. The van der Waals surface area contributed by atoms with E-state index in [0.29, 0.717) is 30.1 Å². The number of carbonyl (C=O) groups excluding carboxylic acids is 2. The number of ketones is 1. The Hall–Kier alpha value is -3.12. The van der Waals surface area contributed by atoms with Gasteiger partial charge in [0.25, 0.3) is 0 Å². The van der Waals surface area contributed by atoms with Crippen LogP contribution in [0.5, 0.6) is 5.75 Å². The average Bonchev–Trinajstić information content (AvgIpc) is 3.05. The number of esters is 1. The van der Waals surface area contributed by atoms with Crippen molar-refractivity contribution in [1.82, 2.24) is 4.98 Å². The maximum Gasteiger partial charge on any atom is 0.338 e. The van der Waals surface area contributed by atoms with Crippen molar-refractivity contribution in [3.05, 3.63) is 64.8 Å². The van der Waals surface area contributed by atoms with E-state index in [2.05, 4.69) is 4.98 Å². The molecule has 0 amide bonds. The number of Topliss-reactive ketones (excluding diaryl/α,β-unsaturated/α-hetero) is 1.